The highest BCUT2D eigenvalue weighted by molar-refractivity contribution is 7.17. The number of methoxy groups -OCH3 is 1. The third-order valence-corrected chi connectivity index (χ3v) is 9.17. The predicted octanol–water partition coefficient (Wildman–Crippen LogP) is 6.46. The standard InChI is InChI=1S/C29H27Cl2FN4O3S/c1-28(2,3)12-20-29(25-18(35-27(29)38)11-21(31)40-25)22(15-6-5-7-16(30)23(15)32)24(36-20)26(37)34-17-9-8-14(13-33)10-19(17)39-4/h5-11,20,22,24,36H,12H2,1-4H3,(H,34,37)(H,35,38)/t20-,22-,24+,29+/m0/s1. The second-order valence-electron chi connectivity index (χ2n) is 11.2. The van der Waals surface area contributed by atoms with Crippen molar-refractivity contribution in [1.29, 1.82) is 5.26 Å². The maximum Gasteiger partial charge on any atom is 0.242 e. The molecule has 0 unspecified atom stereocenters. The molecule has 5 rings (SSSR count). The van der Waals surface area contributed by atoms with Crippen molar-refractivity contribution in [3.8, 4) is 11.8 Å². The van der Waals surface area contributed by atoms with Crippen LogP contribution in [-0.4, -0.2) is 31.0 Å². The van der Waals surface area contributed by atoms with Crippen LogP contribution in [0.1, 0.15) is 49.1 Å². The Kier molecular flexibility index (Phi) is 7.34. The van der Waals surface area contributed by atoms with Gasteiger partial charge in [-0.25, -0.2) is 4.39 Å². The fourth-order valence-corrected chi connectivity index (χ4v) is 7.58. The molecule has 0 bridgehead atoms. The number of hydrogen-bond acceptors (Lipinski definition) is 6. The highest BCUT2D eigenvalue weighted by Crippen LogP contribution is 2.59. The van der Waals surface area contributed by atoms with Crippen LogP contribution in [0.15, 0.2) is 42.5 Å². The molecule has 7 nitrogen and oxygen atoms in total. The van der Waals surface area contributed by atoms with Gasteiger partial charge in [0, 0.05) is 22.9 Å². The van der Waals surface area contributed by atoms with E-state index in [1.807, 2.05) is 26.8 Å². The molecule has 2 aliphatic heterocycles. The van der Waals surface area contributed by atoms with Gasteiger partial charge in [0.1, 0.15) is 17.0 Å². The van der Waals surface area contributed by atoms with Crippen LogP contribution >= 0.6 is 34.5 Å². The van der Waals surface area contributed by atoms with Gasteiger partial charge in [-0.3, -0.25) is 9.59 Å². The number of ether oxygens (including phenoxy) is 1. The van der Waals surface area contributed by atoms with E-state index >= 15 is 4.39 Å². The molecule has 1 aromatic heterocycles. The minimum atomic E-state index is -1.34. The third-order valence-electron chi connectivity index (χ3n) is 7.46. The highest BCUT2D eigenvalue weighted by Gasteiger charge is 2.67. The molecule has 3 N–H and O–H groups in total. The van der Waals surface area contributed by atoms with E-state index in [0.717, 1.165) is 0 Å². The number of hydrogen-bond donors (Lipinski definition) is 3. The molecule has 2 aromatic carbocycles. The smallest absolute Gasteiger partial charge is 0.242 e. The molecular weight excluding hydrogens is 574 g/mol. The average molecular weight is 602 g/mol. The van der Waals surface area contributed by atoms with E-state index in [1.54, 1.807) is 30.3 Å². The van der Waals surface area contributed by atoms with E-state index in [0.29, 0.717) is 38.3 Å². The van der Waals surface area contributed by atoms with Crippen LogP contribution < -0.4 is 20.7 Å². The zero-order valence-corrected chi connectivity index (χ0v) is 24.5. The van der Waals surface area contributed by atoms with E-state index in [-0.39, 0.29) is 21.9 Å². The van der Waals surface area contributed by atoms with Gasteiger partial charge in [0.05, 0.1) is 45.5 Å². The third kappa shape index (κ3) is 4.63. The molecular formula is C29H27Cl2FN4O3S. The van der Waals surface area contributed by atoms with Crippen molar-refractivity contribution in [2.24, 2.45) is 5.41 Å². The number of carbonyl (C=O) groups excluding carboxylic acids is 2. The number of carbonyl (C=O) groups is 2. The summed E-state index contributed by atoms with van der Waals surface area (Å²) in [5.74, 6) is -2.19. The Hall–Kier alpha value is -3.16. The maximum atomic E-state index is 15.8. The minimum absolute atomic E-state index is 0.109. The van der Waals surface area contributed by atoms with E-state index in [4.69, 9.17) is 27.9 Å². The first kappa shape index (κ1) is 28.4. The van der Waals surface area contributed by atoms with E-state index in [9.17, 15) is 14.9 Å². The van der Waals surface area contributed by atoms with Crippen LogP contribution in [-0.2, 0) is 15.0 Å². The van der Waals surface area contributed by atoms with Crippen LogP contribution in [0.2, 0.25) is 9.36 Å². The van der Waals surface area contributed by atoms with Crippen molar-refractivity contribution in [1.82, 2.24) is 5.32 Å². The van der Waals surface area contributed by atoms with Gasteiger partial charge in [-0.1, -0.05) is 56.1 Å². The predicted molar refractivity (Wildman–Crippen MR) is 155 cm³/mol. The highest BCUT2D eigenvalue weighted by atomic mass is 35.5. The van der Waals surface area contributed by atoms with Gasteiger partial charge in [0.25, 0.3) is 0 Å². The monoisotopic (exact) mass is 600 g/mol. The lowest BCUT2D eigenvalue weighted by atomic mass is 9.65. The summed E-state index contributed by atoms with van der Waals surface area (Å²) >= 11 is 13.9. The van der Waals surface area contributed by atoms with Crippen molar-refractivity contribution in [2.75, 3.05) is 17.7 Å². The summed E-state index contributed by atoms with van der Waals surface area (Å²) in [7, 11) is 1.43. The van der Waals surface area contributed by atoms with Gasteiger partial charge in [0.15, 0.2) is 0 Å². The largest absolute Gasteiger partial charge is 0.495 e. The Bertz CT molecular complexity index is 1560. The Morgan fingerprint density at radius 1 is 1.25 bits per heavy atom. The number of rotatable bonds is 5. The number of nitrogens with zero attached hydrogens (tertiary/aromatic N) is 1. The van der Waals surface area contributed by atoms with Crippen molar-refractivity contribution in [3.63, 3.8) is 0 Å². The minimum Gasteiger partial charge on any atom is -0.495 e. The Morgan fingerprint density at radius 3 is 2.67 bits per heavy atom. The molecule has 1 fully saturated rings. The molecule has 40 heavy (non-hydrogen) atoms. The first-order valence-corrected chi connectivity index (χ1v) is 14.2. The number of amides is 2. The van der Waals surface area contributed by atoms with Crippen molar-refractivity contribution >= 4 is 57.7 Å². The lowest BCUT2D eigenvalue weighted by Gasteiger charge is -2.37. The molecule has 208 valence electrons. The fraction of sp³-hybridized carbons (Fsp3) is 0.345. The summed E-state index contributed by atoms with van der Waals surface area (Å²) in [5.41, 5.74) is -0.195. The molecule has 1 spiro atoms. The zero-order chi connectivity index (χ0) is 29.0. The van der Waals surface area contributed by atoms with Crippen molar-refractivity contribution in [2.45, 2.75) is 50.6 Å². The van der Waals surface area contributed by atoms with Gasteiger partial charge < -0.3 is 20.7 Å². The first-order valence-electron chi connectivity index (χ1n) is 12.6. The molecule has 3 heterocycles. The molecule has 1 saturated heterocycles. The summed E-state index contributed by atoms with van der Waals surface area (Å²) in [5, 5.41) is 18.4. The molecule has 3 aromatic rings. The molecule has 0 saturated carbocycles. The second kappa shape index (κ2) is 10.3. The summed E-state index contributed by atoms with van der Waals surface area (Å²) in [6.45, 7) is 6.13. The van der Waals surface area contributed by atoms with Crippen LogP contribution in [0.4, 0.5) is 15.8 Å². The van der Waals surface area contributed by atoms with Gasteiger partial charge in [0.2, 0.25) is 11.8 Å². The summed E-state index contributed by atoms with van der Waals surface area (Å²) in [4.78, 5) is 28.8. The number of anilines is 2. The first-order chi connectivity index (χ1) is 18.9. The Morgan fingerprint density at radius 2 is 2.00 bits per heavy atom. The number of thiophene rings is 1. The SMILES string of the molecule is COc1cc(C#N)ccc1NC(=O)[C@@H]1N[C@@H](CC(C)(C)C)[C@@]2(C(=O)Nc3cc(Cl)sc32)[C@H]1c1cccc(Cl)c1F. The van der Waals surface area contributed by atoms with Gasteiger partial charge >= 0.3 is 0 Å². The van der Waals surface area contributed by atoms with Gasteiger partial charge in [-0.05, 0) is 41.7 Å². The molecule has 11 heteroatoms. The van der Waals surface area contributed by atoms with Crippen molar-refractivity contribution < 1.29 is 18.7 Å². The van der Waals surface area contributed by atoms with Crippen molar-refractivity contribution in [3.05, 3.63) is 73.6 Å². The number of fused-ring (bicyclic) bond motifs is 2. The molecule has 0 radical (unpaired) electrons. The van der Waals surface area contributed by atoms with Crippen LogP contribution in [0.5, 0.6) is 5.75 Å². The van der Waals surface area contributed by atoms with Crippen LogP contribution in [0.3, 0.4) is 0 Å². The topological polar surface area (TPSA) is 103 Å². The normalized spacial score (nSPS) is 23.6. The maximum absolute atomic E-state index is 15.8. The summed E-state index contributed by atoms with van der Waals surface area (Å²) in [6.07, 6.45) is 0.498. The number of nitriles is 1. The fourth-order valence-electron chi connectivity index (χ4n) is 5.93. The summed E-state index contributed by atoms with van der Waals surface area (Å²) < 4.78 is 21.7. The molecule has 4 atom stereocenters. The molecule has 2 amide bonds. The quantitative estimate of drug-likeness (QED) is 0.312. The average Bonchev–Trinajstić information content (AvgIpc) is 3.50. The van der Waals surface area contributed by atoms with Crippen LogP contribution in [0, 0.1) is 22.6 Å². The number of nitrogens with one attached hydrogen (secondary N) is 3. The molecule has 2 aliphatic rings. The lowest BCUT2D eigenvalue weighted by Crippen LogP contribution is -2.49. The zero-order valence-electron chi connectivity index (χ0n) is 22.2. The lowest BCUT2D eigenvalue weighted by molar-refractivity contribution is -0.122. The Balaban J connectivity index is 1.70. The number of halogens is 3. The van der Waals surface area contributed by atoms with Gasteiger partial charge in [-0.2, -0.15) is 5.26 Å². The van der Waals surface area contributed by atoms with E-state index in [1.165, 1.54) is 30.6 Å². The van der Waals surface area contributed by atoms with E-state index in [2.05, 4.69) is 16.0 Å². The number of benzene rings is 2. The Labute approximate surface area is 245 Å². The second-order valence-corrected chi connectivity index (χ2v) is 13.3. The van der Waals surface area contributed by atoms with Gasteiger partial charge in [-0.15, -0.1) is 11.3 Å². The summed E-state index contributed by atoms with van der Waals surface area (Å²) in [6, 6.07) is 11.4. The molecule has 0 aliphatic carbocycles. The van der Waals surface area contributed by atoms with E-state index < -0.39 is 35.1 Å². The van der Waals surface area contributed by atoms with Crippen LogP contribution in [0.25, 0.3) is 0 Å².